The summed E-state index contributed by atoms with van der Waals surface area (Å²) in [6.45, 7) is 13.1. The predicted molar refractivity (Wildman–Crippen MR) is 190 cm³/mol. The fourth-order valence-electron chi connectivity index (χ4n) is 13.8. The number of carboxylic acids is 1. The monoisotopic (exact) mass is 682 g/mol. The van der Waals surface area contributed by atoms with Crippen LogP contribution in [0.4, 0.5) is 0 Å². The fraction of sp³-hybridized carbons (Fsp3) is 0.850. The smallest absolute Gasteiger partial charge is 0.303 e. The van der Waals surface area contributed by atoms with Crippen molar-refractivity contribution in [3.05, 3.63) is 23.3 Å². The molecule has 1 saturated heterocycles. The highest BCUT2D eigenvalue weighted by Crippen LogP contribution is 2.75. The van der Waals surface area contributed by atoms with Crippen molar-refractivity contribution in [3.63, 3.8) is 0 Å². The molecule has 7 aliphatic rings. The number of carbonyl (C=O) groups excluding carboxylic acids is 1. The zero-order chi connectivity index (χ0) is 34.3. The Balaban J connectivity index is 1.05. The maximum Gasteiger partial charge on any atom is 0.303 e. The molecule has 1 heterocycles. The number of hydrogen-bond acceptors (Lipinski definition) is 5. The van der Waals surface area contributed by atoms with Crippen LogP contribution in [0.25, 0.3) is 0 Å². The van der Waals surface area contributed by atoms with Crippen molar-refractivity contribution in [2.45, 2.75) is 135 Å². The molecule has 7 nitrogen and oxygen atoms in total. The van der Waals surface area contributed by atoms with Crippen LogP contribution in [0.5, 0.6) is 0 Å². The summed E-state index contributed by atoms with van der Waals surface area (Å²) < 4.78 is 25.0. The summed E-state index contributed by atoms with van der Waals surface area (Å²) in [6.07, 6.45) is 19.7. The van der Waals surface area contributed by atoms with Crippen LogP contribution in [-0.4, -0.2) is 55.0 Å². The molecule has 6 aliphatic carbocycles. The van der Waals surface area contributed by atoms with Gasteiger partial charge in [0, 0.05) is 18.5 Å². The molecule has 6 fully saturated rings. The predicted octanol–water partition coefficient (Wildman–Crippen LogP) is 7.08. The lowest BCUT2D eigenvalue weighted by Gasteiger charge is -2.71. The lowest BCUT2D eigenvalue weighted by Crippen LogP contribution is -2.67. The average Bonchev–Trinajstić information content (AvgIpc) is 3.52. The van der Waals surface area contributed by atoms with Crippen LogP contribution in [0.15, 0.2) is 23.3 Å². The molecule has 48 heavy (non-hydrogen) atoms. The van der Waals surface area contributed by atoms with Crippen LogP contribution in [0.2, 0.25) is 0 Å². The van der Waals surface area contributed by atoms with Crippen molar-refractivity contribution >= 4 is 21.7 Å². The summed E-state index contributed by atoms with van der Waals surface area (Å²) in [5, 5.41) is 15.9. The third-order valence-electron chi connectivity index (χ3n) is 16.4. The molecule has 1 aliphatic heterocycles. The highest BCUT2D eigenvalue weighted by molar-refractivity contribution is 7.92. The summed E-state index contributed by atoms with van der Waals surface area (Å²) >= 11 is 0. The summed E-state index contributed by atoms with van der Waals surface area (Å²) in [5.74, 6) is 3.14. The zero-order valence-corrected chi connectivity index (χ0v) is 31.1. The topological polar surface area (TPSA) is 113 Å². The molecule has 12 atom stereocenters. The average molecular weight is 683 g/mol. The van der Waals surface area contributed by atoms with Crippen molar-refractivity contribution in [1.82, 2.24) is 10.6 Å². The zero-order valence-electron chi connectivity index (χ0n) is 30.3. The Kier molecular flexibility index (Phi) is 8.86. The third-order valence-corrected chi connectivity index (χ3v) is 18.8. The first kappa shape index (κ1) is 34.8. The van der Waals surface area contributed by atoms with E-state index < -0.39 is 15.8 Å². The second-order valence-electron chi connectivity index (χ2n) is 18.2. The van der Waals surface area contributed by atoms with Gasteiger partial charge in [0.25, 0.3) is 0 Å². The van der Waals surface area contributed by atoms with Gasteiger partial charge in [-0.3, -0.25) is 9.59 Å². The first-order chi connectivity index (χ1) is 22.7. The second-order valence-corrected chi connectivity index (χ2v) is 20.5. The van der Waals surface area contributed by atoms with E-state index in [4.69, 9.17) is 0 Å². The van der Waals surface area contributed by atoms with E-state index in [1.165, 1.54) is 56.1 Å². The minimum atomic E-state index is -3.06. The Hall–Kier alpha value is -1.67. The van der Waals surface area contributed by atoms with Crippen LogP contribution in [0, 0.1) is 57.7 Å². The SMILES string of the molecule is CC/C=C(\CCC(=O)O)C1=CCC2(C)C(CCC3(C)C2CCC2C4CCCC4(NCC(=O)NCC4C5CC5CS4(=O)=O)CC[C@]23C)C1C. The van der Waals surface area contributed by atoms with Crippen molar-refractivity contribution in [1.29, 1.82) is 0 Å². The molecule has 8 heteroatoms. The number of fused-ring (bicyclic) bond motifs is 8. The largest absolute Gasteiger partial charge is 0.481 e. The highest BCUT2D eigenvalue weighted by Gasteiger charge is 2.68. The quantitative estimate of drug-likeness (QED) is 0.227. The minimum Gasteiger partial charge on any atom is -0.481 e. The van der Waals surface area contributed by atoms with E-state index in [0.717, 1.165) is 32.1 Å². The number of rotatable bonds is 10. The van der Waals surface area contributed by atoms with E-state index in [1.807, 2.05) is 0 Å². The van der Waals surface area contributed by atoms with Gasteiger partial charge in [0.2, 0.25) is 5.91 Å². The van der Waals surface area contributed by atoms with Gasteiger partial charge in [-0.05, 0) is 146 Å². The molecule has 11 unspecified atom stereocenters. The van der Waals surface area contributed by atoms with Gasteiger partial charge in [0.1, 0.15) is 0 Å². The standard InChI is InChI=1S/C40H62N2O5S/c1-6-8-26(10-13-36(44)45)28-14-17-37(3)30(25(28)2)15-18-39(5)34(37)12-11-31-32-9-7-16-40(32,20-19-38(31,39)4)42-23-35(43)41-22-33-29-21-27(29)24-48(33,46)47/h8,14,25,27,29-34,42H,6-7,9-13,15-24H2,1-5H3,(H,41,43)(H,44,45)/b26-8+/t25?,27?,29?,30?,31?,32?,33?,34?,37?,38-,39?,40?/m1/s1. The Bertz CT molecular complexity index is 1490. The van der Waals surface area contributed by atoms with Gasteiger partial charge in [-0.25, -0.2) is 8.42 Å². The Morgan fingerprint density at radius 3 is 2.48 bits per heavy atom. The number of nitrogens with one attached hydrogen (secondary N) is 2. The third kappa shape index (κ3) is 5.38. The fourth-order valence-corrected chi connectivity index (χ4v) is 16.2. The van der Waals surface area contributed by atoms with Crippen LogP contribution in [0.1, 0.15) is 125 Å². The molecule has 0 aromatic carbocycles. The van der Waals surface area contributed by atoms with Gasteiger partial charge >= 0.3 is 5.97 Å². The Morgan fingerprint density at radius 2 is 1.77 bits per heavy atom. The van der Waals surface area contributed by atoms with Crippen molar-refractivity contribution < 1.29 is 23.1 Å². The number of carboxylic acid groups (broad SMARTS) is 1. The molecule has 0 aromatic rings. The molecule has 1 amide bonds. The van der Waals surface area contributed by atoms with Gasteiger partial charge in [0.15, 0.2) is 9.84 Å². The number of amides is 1. The van der Waals surface area contributed by atoms with Crippen molar-refractivity contribution in [2.75, 3.05) is 18.8 Å². The number of hydrogen-bond donors (Lipinski definition) is 3. The lowest BCUT2D eigenvalue weighted by molar-refractivity contribution is -0.212. The minimum absolute atomic E-state index is 0.0157. The maximum atomic E-state index is 13.1. The number of allylic oxidation sites excluding steroid dienone is 4. The van der Waals surface area contributed by atoms with Gasteiger partial charge < -0.3 is 15.7 Å². The molecule has 268 valence electrons. The van der Waals surface area contributed by atoms with E-state index in [1.54, 1.807) is 0 Å². The van der Waals surface area contributed by atoms with Crippen molar-refractivity contribution in [2.24, 2.45) is 57.7 Å². The molecule has 0 bridgehead atoms. The van der Waals surface area contributed by atoms with E-state index in [2.05, 4.69) is 57.4 Å². The van der Waals surface area contributed by atoms with Crippen molar-refractivity contribution in [3.8, 4) is 0 Å². The second kappa shape index (κ2) is 12.2. The summed E-state index contributed by atoms with van der Waals surface area (Å²) in [5.41, 5.74) is 3.51. The van der Waals surface area contributed by atoms with E-state index in [9.17, 15) is 23.1 Å². The number of aliphatic carboxylic acids is 1. The summed E-state index contributed by atoms with van der Waals surface area (Å²) in [4.78, 5) is 24.6. The Labute approximate surface area is 289 Å². The summed E-state index contributed by atoms with van der Waals surface area (Å²) in [6, 6.07) is 0. The normalized spacial score (nSPS) is 47.1. The molecule has 0 spiro atoms. The van der Waals surface area contributed by atoms with Crippen LogP contribution < -0.4 is 10.6 Å². The Morgan fingerprint density at radius 1 is 0.979 bits per heavy atom. The molecule has 3 N–H and O–H groups in total. The highest BCUT2D eigenvalue weighted by atomic mass is 32.2. The summed E-state index contributed by atoms with van der Waals surface area (Å²) in [7, 11) is -3.06. The van der Waals surface area contributed by atoms with Crippen LogP contribution in [-0.2, 0) is 19.4 Å². The van der Waals surface area contributed by atoms with E-state index >= 15 is 0 Å². The number of carbonyl (C=O) groups is 2. The molecular weight excluding hydrogens is 621 g/mol. The molecule has 0 radical (unpaired) electrons. The van der Waals surface area contributed by atoms with Gasteiger partial charge in [-0.1, -0.05) is 53.2 Å². The molecule has 0 aromatic heterocycles. The number of sulfone groups is 1. The molecule has 5 saturated carbocycles. The first-order valence-corrected chi connectivity index (χ1v) is 21.3. The van der Waals surface area contributed by atoms with E-state index in [-0.39, 0.29) is 58.4 Å². The maximum absolute atomic E-state index is 13.1. The van der Waals surface area contributed by atoms with Crippen LogP contribution in [0.3, 0.4) is 0 Å². The van der Waals surface area contributed by atoms with Gasteiger partial charge in [-0.15, -0.1) is 0 Å². The lowest BCUT2D eigenvalue weighted by atomic mass is 9.34. The molecule has 7 rings (SSSR count). The molecular formula is C40H62N2O5S. The van der Waals surface area contributed by atoms with Gasteiger partial charge in [-0.2, -0.15) is 0 Å². The van der Waals surface area contributed by atoms with E-state index in [0.29, 0.717) is 47.7 Å². The van der Waals surface area contributed by atoms with Crippen LogP contribution >= 0.6 is 0 Å². The first-order valence-electron chi connectivity index (χ1n) is 19.5. The van der Waals surface area contributed by atoms with Gasteiger partial charge in [0.05, 0.1) is 17.5 Å².